The van der Waals surface area contributed by atoms with Crippen LogP contribution < -0.4 is 0 Å². The van der Waals surface area contributed by atoms with Gasteiger partial charge in [0.05, 0.1) is 6.61 Å². The largest absolute Gasteiger partial charge is 0.380 e. The number of fused-ring (bicyclic) bond motifs is 1. The number of halogens is 1. The van der Waals surface area contributed by atoms with Crippen LogP contribution in [0.4, 0.5) is 4.39 Å². The molecule has 3 heteroatoms. The minimum absolute atomic E-state index is 0.207. The molecule has 1 N–H and O–H groups in total. The normalized spacial score (nSPS) is 11.1. The zero-order valence-corrected chi connectivity index (χ0v) is 8.93. The van der Waals surface area contributed by atoms with Gasteiger partial charge in [-0.2, -0.15) is 0 Å². The van der Waals surface area contributed by atoms with E-state index in [1.165, 1.54) is 6.07 Å². The van der Waals surface area contributed by atoms with Crippen LogP contribution in [0.15, 0.2) is 18.2 Å². The van der Waals surface area contributed by atoms with Gasteiger partial charge in [-0.1, -0.05) is 6.92 Å². The van der Waals surface area contributed by atoms with Crippen LogP contribution in [-0.2, 0) is 17.8 Å². The van der Waals surface area contributed by atoms with Crippen LogP contribution in [0.1, 0.15) is 18.2 Å². The molecule has 0 spiro atoms. The molecule has 2 rings (SSSR count). The lowest BCUT2D eigenvalue weighted by Crippen LogP contribution is -1.91. The summed E-state index contributed by atoms with van der Waals surface area (Å²) in [4.78, 5) is 3.28. The number of hydrogen-bond donors (Lipinski definition) is 1. The Morgan fingerprint density at radius 3 is 2.87 bits per heavy atom. The van der Waals surface area contributed by atoms with E-state index in [1.54, 1.807) is 19.2 Å². The Morgan fingerprint density at radius 1 is 1.40 bits per heavy atom. The number of H-pyrrole nitrogens is 1. The van der Waals surface area contributed by atoms with Gasteiger partial charge in [-0.05, 0) is 24.6 Å². The highest BCUT2D eigenvalue weighted by molar-refractivity contribution is 5.84. The molecule has 0 saturated carbocycles. The summed E-state index contributed by atoms with van der Waals surface area (Å²) in [5.74, 6) is -0.207. The zero-order chi connectivity index (χ0) is 10.8. The van der Waals surface area contributed by atoms with Gasteiger partial charge in [-0.25, -0.2) is 4.39 Å². The maximum atomic E-state index is 13.1. The number of aryl methyl sites for hydroxylation is 1. The number of benzene rings is 1. The highest BCUT2D eigenvalue weighted by Gasteiger charge is 2.10. The quantitative estimate of drug-likeness (QED) is 0.822. The first-order chi connectivity index (χ1) is 7.26. The summed E-state index contributed by atoms with van der Waals surface area (Å²) < 4.78 is 18.2. The fourth-order valence-corrected chi connectivity index (χ4v) is 1.89. The van der Waals surface area contributed by atoms with Crippen LogP contribution in [0.3, 0.4) is 0 Å². The third-order valence-corrected chi connectivity index (χ3v) is 2.60. The van der Waals surface area contributed by atoms with E-state index in [0.29, 0.717) is 6.61 Å². The number of hydrogen-bond acceptors (Lipinski definition) is 1. The molecule has 80 valence electrons. The predicted molar refractivity (Wildman–Crippen MR) is 58.3 cm³/mol. The highest BCUT2D eigenvalue weighted by atomic mass is 19.1. The second kappa shape index (κ2) is 4.03. The molecule has 0 fully saturated rings. The first kappa shape index (κ1) is 10.2. The van der Waals surface area contributed by atoms with Crippen molar-refractivity contribution in [3.8, 4) is 0 Å². The lowest BCUT2D eigenvalue weighted by atomic mass is 10.1. The highest BCUT2D eigenvalue weighted by Crippen LogP contribution is 2.24. The molecule has 1 aromatic carbocycles. The molecular weight excluding hydrogens is 193 g/mol. The molecule has 0 radical (unpaired) electrons. The lowest BCUT2D eigenvalue weighted by molar-refractivity contribution is 0.185. The number of aromatic nitrogens is 1. The van der Waals surface area contributed by atoms with Gasteiger partial charge in [0.1, 0.15) is 5.82 Å². The van der Waals surface area contributed by atoms with Crippen LogP contribution in [0.5, 0.6) is 0 Å². The maximum Gasteiger partial charge on any atom is 0.123 e. The Balaban J connectivity index is 2.65. The topological polar surface area (TPSA) is 25.0 Å². The Labute approximate surface area is 88.1 Å². The minimum Gasteiger partial charge on any atom is -0.380 e. The average molecular weight is 207 g/mol. The van der Waals surface area contributed by atoms with E-state index in [4.69, 9.17) is 4.74 Å². The van der Waals surface area contributed by atoms with E-state index in [1.807, 2.05) is 0 Å². The van der Waals surface area contributed by atoms with E-state index in [9.17, 15) is 4.39 Å². The van der Waals surface area contributed by atoms with Crippen LogP contribution in [-0.4, -0.2) is 12.1 Å². The van der Waals surface area contributed by atoms with E-state index >= 15 is 0 Å². The van der Waals surface area contributed by atoms with E-state index < -0.39 is 0 Å². The van der Waals surface area contributed by atoms with Gasteiger partial charge in [0.2, 0.25) is 0 Å². The fraction of sp³-hybridized carbons (Fsp3) is 0.333. The molecule has 0 aliphatic heterocycles. The Hall–Kier alpha value is -1.35. The second-order valence-electron chi connectivity index (χ2n) is 3.56. The number of methoxy groups -OCH3 is 1. The van der Waals surface area contributed by atoms with Gasteiger partial charge in [-0.15, -0.1) is 0 Å². The van der Waals surface area contributed by atoms with Crippen molar-refractivity contribution in [3.05, 3.63) is 35.3 Å². The lowest BCUT2D eigenvalue weighted by Gasteiger charge is -2.00. The number of rotatable bonds is 3. The molecular formula is C12H14FNO. The molecule has 0 unspecified atom stereocenters. The number of ether oxygens (including phenoxy) is 1. The van der Waals surface area contributed by atoms with Crippen molar-refractivity contribution in [2.24, 2.45) is 0 Å². The molecule has 2 aromatic rings. The smallest absolute Gasteiger partial charge is 0.123 e. The molecule has 2 nitrogen and oxygen atoms in total. The third kappa shape index (κ3) is 1.75. The molecule has 15 heavy (non-hydrogen) atoms. The Bertz CT molecular complexity index is 476. The van der Waals surface area contributed by atoms with Gasteiger partial charge < -0.3 is 9.72 Å². The first-order valence-electron chi connectivity index (χ1n) is 5.04. The van der Waals surface area contributed by atoms with Crippen molar-refractivity contribution in [1.82, 2.24) is 4.98 Å². The molecule has 0 aliphatic rings. The van der Waals surface area contributed by atoms with Crippen LogP contribution in [0, 0.1) is 5.82 Å². The van der Waals surface area contributed by atoms with Crippen molar-refractivity contribution >= 4 is 10.9 Å². The molecule has 0 aliphatic carbocycles. The summed E-state index contributed by atoms with van der Waals surface area (Å²) >= 11 is 0. The first-order valence-corrected chi connectivity index (χ1v) is 5.04. The van der Waals surface area contributed by atoms with Crippen molar-refractivity contribution in [3.63, 3.8) is 0 Å². The van der Waals surface area contributed by atoms with E-state index in [2.05, 4.69) is 11.9 Å². The predicted octanol–water partition coefficient (Wildman–Crippen LogP) is 3.02. The zero-order valence-electron chi connectivity index (χ0n) is 8.93. The summed E-state index contributed by atoms with van der Waals surface area (Å²) in [7, 11) is 1.65. The standard InChI is InChI=1S/C12H14FNO/c1-3-11-10(7-15-2)9-6-8(13)4-5-12(9)14-11/h4-6,14H,3,7H2,1-2H3. The summed E-state index contributed by atoms with van der Waals surface area (Å²) in [6, 6.07) is 4.79. The van der Waals surface area contributed by atoms with Crippen molar-refractivity contribution < 1.29 is 9.13 Å². The molecule has 0 atom stereocenters. The summed E-state index contributed by atoms with van der Waals surface area (Å²) in [6.45, 7) is 2.59. The van der Waals surface area contributed by atoms with Gasteiger partial charge >= 0.3 is 0 Å². The third-order valence-electron chi connectivity index (χ3n) is 2.60. The maximum absolute atomic E-state index is 13.1. The summed E-state index contributed by atoms with van der Waals surface area (Å²) in [6.07, 6.45) is 0.898. The SMILES string of the molecule is CCc1[nH]c2ccc(F)cc2c1COC. The van der Waals surface area contributed by atoms with E-state index in [0.717, 1.165) is 28.6 Å². The summed E-state index contributed by atoms with van der Waals surface area (Å²) in [5.41, 5.74) is 3.16. The van der Waals surface area contributed by atoms with Crippen LogP contribution in [0.25, 0.3) is 10.9 Å². The Morgan fingerprint density at radius 2 is 2.20 bits per heavy atom. The number of aromatic amines is 1. The van der Waals surface area contributed by atoms with Crippen molar-refractivity contribution in [1.29, 1.82) is 0 Å². The molecule has 0 bridgehead atoms. The van der Waals surface area contributed by atoms with Gasteiger partial charge in [0, 0.05) is 29.3 Å². The monoisotopic (exact) mass is 207 g/mol. The molecule has 0 amide bonds. The van der Waals surface area contributed by atoms with Crippen molar-refractivity contribution in [2.75, 3.05) is 7.11 Å². The van der Waals surface area contributed by atoms with Gasteiger partial charge in [-0.3, -0.25) is 0 Å². The van der Waals surface area contributed by atoms with E-state index in [-0.39, 0.29) is 5.82 Å². The second-order valence-corrected chi connectivity index (χ2v) is 3.56. The van der Waals surface area contributed by atoms with Gasteiger partial charge in [0.25, 0.3) is 0 Å². The summed E-state index contributed by atoms with van der Waals surface area (Å²) in [5, 5.41) is 0.925. The van der Waals surface area contributed by atoms with Crippen molar-refractivity contribution in [2.45, 2.75) is 20.0 Å². The molecule has 0 saturated heterocycles. The van der Waals surface area contributed by atoms with Crippen LogP contribution >= 0.6 is 0 Å². The fourth-order valence-electron chi connectivity index (χ4n) is 1.89. The van der Waals surface area contributed by atoms with Crippen LogP contribution in [0.2, 0.25) is 0 Å². The minimum atomic E-state index is -0.207. The Kier molecular flexibility index (Phi) is 2.73. The molecule has 1 heterocycles. The number of nitrogens with one attached hydrogen (secondary N) is 1. The average Bonchev–Trinajstić information content (AvgIpc) is 2.57. The molecule has 1 aromatic heterocycles. The van der Waals surface area contributed by atoms with Gasteiger partial charge in [0.15, 0.2) is 0 Å².